The number of carbonyl (C=O) groups is 1. The molecule has 27 heavy (non-hydrogen) atoms. The molecule has 6 nitrogen and oxygen atoms in total. The molecule has 0 unspecified atom stereocenters. The second kappa shape index (κ2) is 6.17. The molecule has 0 saturated carbocycles. The quantitative estimate of drug-likeness (QED) is 0.831. The molecule has 3 aliphatic rings. The van der Waals surface area contributed by atoms with E-state index in [4.69, 9.17) is 9.26 Å². The zero-order valence-corrected chi connectivity index (χ0v) is 15.8. The zero-order chi connectivity index (χ0) is 18.6. The molecule has 142 valence electrons. The predicted molar refractivity (Wildman–Crippen MR) is 100 cm³/mol. The summed E-state index contributed by atoms with van der Waals surface area (Å²) in [5.74, 6) is 1.49. The number of likely N-dealkylation sites (tertiary alicyclic amines) is 1. The predicted octanol–water partition coefficient (Wildman–Crippen LogP) is 2.52. The number of benzene rings is 1. The third kappa shape index (κ3) is 2.70. The highest BCUT2D eigenvalue weighted by molar-refractivity contribution is 5.93. The van der Waals surface area contributed by atoms with E-state index in [1.807, 2.05) is 35.2 Å². The molecule has 1 spiro atoms. The first-order valence-electron chi connectivity index (χ1n) is 9.70. The van der Waals surface area contributed by atoms with Gasteiger partial charge in [-0.15, -0.1) is 0 Å². The maximum atomic E-state index is 13.1. The molecule has 3 fully saturated rings. The first-order valence-corrected chi connectivity index (χ1v) is 9.70. The number of rotatable bonds is 4. The molecule has 1 aromatic carbocycles. The van der Waals surface area contributed by atoms with Crippen LogP contribution in [0.5, 0.6) is 0 Å². The van der Waals surface area contributed by atoms with Crippen LogP contribution < -0.4 is 0 Å². The Hall–Kier alpha value is -2.18. The van der Waals surface area contributed by atoms with Gasteiger partial charge in [0.1, 0.15) is 0 Å². The molecule has 0 radical (unpaired) electrons. The minimum Gasteiger partial charge on any atom is -0.369 e. The molecule has 2 aromatic rings. The van der Waals surface area contributed by atoms with Gasteiger partial charge in [0.2, 0.25) is 0 Å². The fourth-order valence-corrected chi connectivity index (χ4v) is 5.29. The largest absolute Gasteiger partial charge is 0.369 e. The number of aromatic nitrogens is 1. The number of nitrogens with zero attached hydrogens (tertiary/aromatic N) is 3. The number of hydrogen-bond donors (Lipinski definition) is 0. The molecular formula is C21H25N3O3. The molecule has 4 atom stereocenters. The van der Waals surface area contributed by atoms with Gasteiger partial charge in [-0.05, 0) is 26.9 Å². The first kappa shape index (κ1) is 17.0. The van der Waals surface area contributed by atoms with E-state index in [2.05, 4.69) is 24.2 Å². The van der Waals surface area contributed by atoms with Gasteiger partial charge in [-0.3, -0.25) is 4.79 Å². The van der Waals surface area contributed by atoms with Gasteiger partial charge in [-0.1, -0.05) is 35.5 Å². The van der Waals surface area contributed by atoms with Crippen molar-refractivity contribution in [2.45, 2.75) is 24.5 Å². The molecule has 1 amide bonds. The molecule has 1 aromatic heterocycles. The fourth-order valence-electron chi connectivity index (χ4n) is 5.29. The van der Waals surface area contributed by atoms with Gasteiger partial charge in [-0.25, -0.2) is 0 Å². The number of fused-ring (bicyclic) bond motifs is 1. The third-order valence-electron chi connectivity index (χ3n) is 6.43. The minimum absolute atomic E-state index is 0.0552. The van der Waals surface area contributed by atoms with Crippen LogP contribution in [0.2, 0.25) is 0 Å². The van der Waals surface area contributed by atoms with Gasteiger partial charge >= 0.3 is 0 Å². The van der Waals surface area contributed by atoms with E-state index in [1.54, 1.807) is 6.07 Å². The SMILES string of the molecule is CN(C)C[C@H]1[C@@H]2CC[C@@]3(CN(C(=O)c4cc(-c5ccccc5)on4)C[C@@H]13)O2. The number of amides is 1. The fraction of sp³-hybridized carbons (Fsp3) is 0.524. The van der Waals surface area contributed by atoms with Gasteiger partial charge in [0.15, 0.2) is 11.5 Å². The highest BCUT2D eigenvalue weighted by atomic mass is 16.5. The van der Waals surface area contributed by atoms with Crippen LogP contribution in [0.3, 0.4) is 0 Å². The lowest BCUT2D eigenvalue weighted by Crippen LogP contribution is -2.40. The second-order valence-electron chi connectivity index (χ2n) is 8.42. The zero-order valence-electron chi connectivity index (χ0n) is 15.8. The van der Waals surface area contributed by atoms with Crippen molar-refractivity contribution in [3.8, 4) is 11.3 Å². The average Bonchev–Trinajstić information content (AvgIpc) is 3.42. The summed E-state index contributed by atoms with van der Waals surface area (Å²) in [5, 5.41) is 4.04. The molecule has 6 heteroatoms. The van der Waals surface area contributed by atoms with Crippen LogP contribution in [0.4, 0.5) is 0 Å². The van der Waals surface area contributed by atoms with E-state index < -0.39 is 0 Å². The van der Waals surface area contributed by atoms with E-state index in [1.165, 1.54) is 0 Å². The third-order valence-corrected chi connectivity index (χ3v) is 6.43. The van der Waals surface area contributed by atoms with Gasteiger partial charge in [0, 0.05) is 36.6 Å². The number of carbonyl (C=O) groups excluding carboxylic acids is 1. The van der Waals surface area contributed by atoms with Crippen LogP contribution in [0.25, 0.3) is 11.3 Å². The van der Waals surface area contributed by atoms with Gasteiger partial charge in [0.05, 0.1) is 18.2 Å². The first-order chi connectivity index (χ1) is 13.1. The Kier molecular flexibility index (Phi) is 3.88. The summed E-state index contributed by atoms with van der Waals surface area (Å²) < 4.78 is 11.8. The van der Waals surface area contributed by atoms with Crippen molar-refractivity contribution in [2.24, 2.45) is 11.8 Å². The van der Waals surface area contributed by atoms with Crippen molar-refractivity contribution in [3.05, 3.63) is 42.1 Å². The standard InChI is InChI=1S/C21H25N3O3/c1-23(2)11-15-16-12-24(13-21(16)9-8-18(15)26-21)20(25)17-10-19(27-22-17)14-6-4-3-5-7-14/h3-7,10,15-16,18H,8-9,11-13H2,1-2H3/t15-,16+,18+,21+/m1/s1. The molecule has 3 aliphatic heterocycles. The summed E-state index contributed by atoms with van der Waals surface area (Å²) in [6.07, 6.45) is 2.52. The summed E-state index contributed by atoms with van der Waals surface area (Å²) in [4.78, 5) is 17.2. The molecule has 0 aliphatic carbocycles. The van der Waals surface area contributed by atoms with Crippen molar-refractivity contribution >= 4 is 5.91 Å². The minimum atomic E-state index is -0.146. The Labute approximate surface area is 159 Å². The van der Waals surface area contributed by atoms with Crippen molar-refractivity contribution < 1.29 is 14.1 Å². The van der Waals surface area contributed by atoms with Crippen LogP contribution in [-0.2, 0) is 4.74 Å². The summed E-state index contributed by atoms with van der Waals surface area (Å²) in [5.41, 5.74) is 1.16. The normalized spacial score (nSPS) is 31.7. The van der Waals surface area contributed by atoms with Gasteiger partial charge in [-0.2, -0.15) is 0 Å². The molecule has 5 rings (SSSR count). The monoisotopic (exact) mass is 367 g/mol. The van der Waals surface area contributed by atoms with E-state index >= 15 is 0 Å². The Morgan fingerprint density at radius 1 is 1.33 bits per heavy atom. The van der Waals surface area contributed by atoms with Gasteiger partial charge < -0.3 is 19.1 Å². The van der Waals surface area contributed by atoms with Crippen molar-refractivity contribution in [1.29, 1.82) is 0 Å². The van der Waals surface area contributed by atoms with E-state index in [-0.39, 0.29) is 11.5 Å². The number of hydrogen-bond acceptors (Lipinski definition) is 5. The van der Waals surface area contributed by atoms with Crippen molar-refractivity contribution in [1.82, 2.24) is 15.0 Å². The highest BCUT2D eigenvalue weighted by Crippen LogP contribution is 2.55. The van der Waals surface area contributed by atoms with E-state index in [9.17, 15) is 4.79 Å². The maximum absolute atomic E-state index is 13.1. The maximum Gasteiger partial charge on any atom is 0.276 e. The Balaban J connectivity index is 1.35. The summed E-state index contributed by atoms with van der Waals surface area (Å²) in [7, 11) is 4.22. The lowest BCUT2D eigenvalue weighted by molar-refractivity contribution is 0.00246. The van der Waals surface area contributed by atoms with Crippen molar-refractivity contribution in [3.63, 3.8) is 0 Å². The summed E-state index contributed by atoms with van der Waals surface area (Å²) in [6, 6.07) is 11.5. The second-order valence-corrected chi connectivity index (χ2v) is 8.42. The van der Waals surface area contributed by atoms with Crippen LogP contribution in [0.15, 0.2) is 40.9 Å². The van der Waals surface area contributed by atoms with Crippen LogP contribution >= 0.6 is 0 Å². The van der Waals surface area contributed by atoms with E-state index in [0.29, 0.717) is 35.9 Å². The lowest BCUT2D eigenvalue weighted by Gasteiger charge is -2.30. The lowest BCUT2D eigenvalue weighted by atomic mass is 9.73. The summed E-state index contributed by atoms with van der Waals surface area (Å²) in [6.45, 7) is 2.44. The van der Waals surface area contributed by atoms with Gasteiger partial charge in [0.25, 0.3) is 5.91 Å². The average molecular weight is 367 g/mol. The Morgan fingerprint density at radius 2 is 2.15 bits per heavy atom. The molecule has 2 bridgehead atoms. The molecule has 3 saturated heterocycles. The topological polar surface area (TPSA) is 58.8 Å². The van der Waals surface area contributed by atoms with E-state index in [0.717, 1.165) is 31.5 Å². The van der Waals surface area contributed by atoms with Crippen LogP contribution in [0.1, 0.15) is 23.3 Å². The Bertz CT molecular complexity index is 849. The summed E-state index contributed by atoms with van der Waals surface area (Å²) >= 11 is 0. The smallest absolute Gasteiger partial charge is 0.276 e. The highest BCUT2D eigenvalue weighted by Gasteiger charge is 2.63. The molecular weight excluding hydrogens is 342 g/mol. The van der Waals surface area contributed by atoms with Crippen LogP contribution in [-0.4, -0.2) is 66.3 Å². The van der Waals surface area contributed by atoms with Crippen LogP contribution in [0, 0.1) is 11.8 Å². The molecule has 0 N–H and O–H groups in total. The Morgan fingerprint density at radius 3 is 2.93 bits per heavy atom. The number of ether oxygens (including phenoxy) is 1. The van der Waals surface area contributed by atoms with Crippen molar-refractivity contribution in [2.75, 3.05) is 33.7 Å². The molecule has 4 heterocycles.